The lowest BCUT2D eigenvalue weighted by Crippen LogP contribution is -2.20. The van der Waals surface area contributed by atoms with Crippen LogP contribution < -0.4 is 0 Å². The molecule has 0 saturated carbocycles. The van der Waals surface area contributed by atoms with Gasteiger partial charge in [-0.05, 0) is 37.2 Å². The highest BCUT2D eigenvalue weighted by Gasteiger charge is 2.28. The molecule has 25 heavy (non-hydrogen) atoms. The SMILES string of the molecule is COC(=O)c1cccc2nc([C@@H]3CCN(Cc4ccccn4)C3)oc12. The van der Waals surface area contributed by atoms with E-state index in [4.69, 9.17) is 9.15 Å². The maximum Gasteiger partial charge on any atom is 0.341 e. The number of para-hydroxylation sites is 1. The molecule has 3 aromatic rings. The van der Waals surface area contributed by atoms with Crippen molar-refractivity contribution in [3.8, 4) is 0 Å². The number of oxazole rings is 1. The van der Waals surface area contributed by atoms with Crippen molar-refractivity contribution in [3.05, 3.63) is 59.7 Å². The molecule has 4 rings (SSSR count). The van der Waals surface area contributed by atoms with E-state index in [-0.39, 0.29) is 5.92 Å². The first-order chi connectivity index (χ1) is 12.2. The lowest BCUT2D eigenvalue weighted by Gasteiger charge is -2.14. The summed E-state index contributed by atoms with van der Waals surface area (Å²) in [5, 5.41) is 0. The first-order valence-electron chi connectivity index (χ1n) is 8.34. The fourth-order valence-electron chi connectivity index (χ4n) is 3.31. The molecule has 1 aliphatic rings. The number of nitrogens with zero attached hydrogens (tertiary/aromatic N) is 3. The van der Waals surface area contributed by atoms with Gasteiger partial charge in [-0.25, -0.2) is 9.78 Å². The minimum absolute atomic E-state index is 0.224. The molecule has 0 bridgehead atoms. The van der Waals surface area contributed by atoms with Crippen LogP contribution in [0.1, 0.15) is 34.3 Å². The number of esters is 1. The molecule has 0 N–H and O–H groups in total. The van der Waals surface area contributed by atoms with Gasteiger partial charge >= 0.3 is 5.97 Å². The van der Waals surface area contributed by atoms with E-state index in [0.717, 1.165) is 31.7 Å². The number of rotatable bonds is 4. The monoisotopic (exact) mass is 337 g/mol. The zero-order chi connectivity index (χ0) is 17.2. The van der Waals surface area contributed by atoms with Crippen LogP contribution in [0.2, 0.25) is 0 Å². The largest absolute Gasteiger partial charge is 0.465 e. The topological polar surface area (TPSA) is 68.5 Å². The van der Waals surface area contributed by atoms with Crippen LogP contribution in [0.4, 0.5) is 0 Å². The number of hydrogen-bond acceptors (Lipinski definition) is 6. The number of fused-ring (bicyclic) bond motifs is 1. The van der Waals surface area contributed by atoms with Crippen LogP contribution >= 0.6 is 0 Å². The molecule has 1 fully saturated rings. The molecular formula is C19H19N3O3. The van der Waals surface area contributed by atoms with Gasteiger partial charge in [-0.15, -0.1) is 0 Å². The average Bonchev–Trinajstić information content (AvgIpc) is 3.28. The van der Waals surface area contributed by atoms with Crippen LogP contribution in [0.15, 0.2) is 47.0 Å². The Balaban J connectivity index is 1.54. The van der Waals surface area contributed by atoms with Gasteiger partial charge in [0.15, 0.2) is 11.5 Å². The van der Waals surface area contributed by atoms with E-state index in [1.807, 2.05) is 30.5 Å². The summed E-state index contributed by atoms with van der Waals surface area (Å²) >= 11 is 0. The Labute approximate surface area is 145 Å². The molecule has 128 valence electrons. The number of carbonyl (C=O) groups excluding carboxylic acids is 1. The second kappa shape index (κ2) is 6.64. The summed E-state index contributed by atoms with van der Waals surface area (Å²) in [7, 11) is 1.37. The van der Waals surface area contributed by atoms with Gasteiger partial charge in [0.1, 0.15) is 11.1 Å². The second-order valence-electron chi connectivity index (χ2n) is 6.24. The molecular weight excluding hydrogens is 318 g/mol. The lowest BCUT2D eigenvalue weighted by atomic mass is 10.1. The van der Waals surface area contributed by atoms with Crippen LogP contribution in [0.3, 0.4) is 0 Å². The van der Waals surface area contributed by atoms with Gasteiger partial charge < -0.3 is 9.15 Å². The zero-order valence-electron chi connectivity index (χ0n) is 14.0. The summed E-state index contributed by atoms with van der Waals surface area (Å²) in [5.41, 5.74) is 2.68. The molecule has 0 unspecified atom stereocenters. The van der Waals surface area contributed by atoms with Crippen LogP contribution in [-0.2, 0) is 11.3 Å². The summed E-state index contributed by atoms with van der Waals surface area (Å²) in [6, 6.07) is 11.3. The third-order valence-electron chi connectivity index (χ3n) is 4.57. The summed E-state index contributed by atoms with van der Waals surface area (Å²) < 4.78 is 10.8. The highest BCUT2D eigenvalue weighted by Crippen LogP contribution is 2.31. The van der Waals surface area contributed by atoms with Gasteiger partial charge in [-0.2, -0.15) is 0 Å². The van der Waals surface area contributed by atoms with E-state index >= 15 is 0 Å². The Morgan fingerprint density at radius 1 is 1.32 bits per heavy atom. The third-order valence-corrected chi connectivity index (χ3v) is 4.57. The first-order valence-corrected chi connectivity index (χ1v) is 8.34. The van der Waals surface area contributed by atoms with E-state index in [1.165, 1.54) is 7.11 Å². The van der Waals surface area contributed by atoms with Crippen molar-refractivity contribution in [1.29, 1.82) is 0 Å². The number of hydrogen-bond donors (Lipinski definition) is 0. The summed E-state index contributed by atoms with van der Waals surface area (Å²) in [4.78, 5) is 23.2. The van der Waals surface area contributed by atoms with Gasteiger partial charge in [-0.1, -0.05) is 12.1 Å². The number of aromatic nitrogens is 2. The van der Waals surface area contributed by atoms with E-state index < -0.39 is 5.97 Å². The zero-order valence-corrected chi connectivity index (χ0v) is 14.0. The van der Waals surface area contributed by atoms with Gasteiger partial charge in [0.05, 0.1) is 12.8 Å². The number of ether oxygens (including phenoxy) is 1. The fraction of sp³-hybridized carbons (Fsp3) is 0.316. The van der Waals surface area contributed by atoms with Crippen LogP contribution in [-0.4, -0.2) is 41.0 Å². The molecule has 3 heterocycles. The normalized spacial score (nSPS) is 17.9. The summed E-state index contributed by atoms with van der Waals surface area (Å²) in [5.74, 6) is 0.507. The quantitative estimate of drug-likeness (QED) is 0.682. The Morgan fingerprint density at radius 2 is 2.24 bits per heavy atom. The molecule has 1 aliphatic heterocycles. The minimum Gasteiger partial charge on any atom is -0.465 e. The van der Waals surface area contributed by atoms with Crippen LogP contribution in [0.25, 0.3) is 11.1 Å². The van der Waals surface area contributed by atoms with Crippen molar-refractivity contribution in [3.63, 3.8) is 0 Å². The van der Waals surface area contributed by atoms with Gasteiger partial charge in [-0.3, -0.25) is 9.88 Å². The highest BCUT2D eigenvalue weighted by molar-refractivity contribution is 6.00. The molecule has 1 saturated heterocycles. The molecule has 0 spiro atoms. The molecule has 0 aliphatic carbocycles. The van der Waals surface area contributed by atoms with Crippen molar-refractivity contribution < 1.29 is 13.9 Å². The maximum atomic E-state index is 11.9. The number of carbonyl (C=O) groups is 1. The van der Waals surface area contributed by atoms with Crippen LogP contribution in [0.5, 0.6) is 0 Å². The second-order valence-corrected chi connectivity index (χ2v) is 6.24. The molecule has 6 heteroatoms. The Hall–Kier alpha value is -2.73. The van der Waals surface area contributed by atoms with Gasteiger partial charge in [0.2, 0.25) is 0 Å². The molecule has 0 radical (unpaired) electrons. The number of benzene rings is 1. The van der Waals surface area contributed by atoms with Crippen molar-refractivity contribution in [1.82, 2.24) is 14.9 Å². The standard InChI is InChI=1S/C19H19N3O3/c1-24-19(23)15-6-4-7-16-17(15)25-18(21-16)13-8-10-22(11-13)12-14-5-2-3-9-20-14/h2-7,9,13H,8,10-12H2,1H3/t13-/m1/s1. The van der Waals surface area contributed by atoms with Gasteiger partial charge in [0, 0.05) is 25.2 Å². The van der Waals surface area contributed by atoms with E-state index in [2.05, 4.69) is 14.9 Å². The summed E-state index contributed by atoms with van der Waals surface area (Å²) in [6.07, 6.45) is 2.80. The Kier molecular flexibility index (Phi) is 4.19. The van der Waals surface area contributed by atoms with Gasteiger partial charge in [0.25, 0.3) is 0 Å². The average molecular weight is 337 g/mol. The predicted molar refractivity (Wildman–Crippen MR) is 92.2 cm³/mol. The van der Waals surface area contributed by atoms with Crippen molar-refractivity contribution in [2.75, 3.05) is 20.2 Å². The summed E-state index contributed by atoms with van der Waals surface area (Å²) in [6.45, 7) is 2.67. The Bertz CT molecular complexity index is 891. The fourth-order valence-corrected chi connectivity index (χ4v) is 3.31. The highest BCUT2D eigenvalue weighted by atomic mass is 16.5. The van der Waals surface area contributed by atoms with Crippen LogP contribution in [0, 0.1) is 0 Å². The third kappa shape index (κ3) is 3.13. The maximum absolute atomic E-state index is 11.9. The molecule has 0 amide bonds. The number of pyridine rings is 1. The molecule has 6 nitrogen and oxygen atoms in total. The van der Waals surface area contributed by atoms with E-state index in [9.17, 15) is 4.79 Å². The van der Waals surface area contributed by atoms with Crippen molar-refractivity contribution in [2.24, 2.45) is 0 Å². The van der Waals surface area contributed by atoms with E-state index in [0.29, 0.717) is 22.6 Å². The molecule has 1 aromatic carbocycles. The number of methoxy groups -OCH3 is 1. The lowest BCUT2D eigenvalue weighted by molar-refractivity contribution is 0.0601. The smallest absolute Gasteiger partial charge is 0.341 e. The number of likely N-dealkylation sites (tertiary alicyclic amines) is 1. The van der Waals surface area contributed by atoms with E-state index in [1.54, 1.807) is 12.1 Å². The van der Waals surface area contributed by atoms with Crippen molar-refractivity contribution in [2.45, 2.75) is 18.9 Å². The van der Waals surface area contributed by atoms with Crippen molar-refractivity contribution >= 4 is 17.1 Å². The minimum atomic E-state index is -0.406. The predicted octanol–water partition coefficient (Wildman–Crippen LogP) is 3.00. The Morgan fingerprint density at radius 3 is 3.04 bits per heavy atom. The first kappa shape index (κ1) is 15.8. The molecule has 1 atom stereocenters. The molecule has 2 aromatic heterocycles.